The molecule has 1 rings (SSSR count). The van der Waals surface area contributed by atoms with E-state index in [4.69, 9.17) is 5.73 Å². The molecule has 0 saturated carbocycles. The maximum atomic E-state index is 12.2. The van der Waals surface area contributed by atoms with Crippen LogP contribution in [-0.2, 0) is 10.0 Å². The second-order valence-electron chi connectivity index (χ2n) is 4.94. The van der Waals surface area contributed by atoms with Crippen LogP contribution in [0.5, 0.6) is 0 Å². The summed E-state index contributed by atoms with van der Waals surface area (Å²) in [6, 6.07) is 4.89. The van der Waals surface area contributed by atoms with Crippen LogP contribution in [0, 0.1) is 0 Å². The van der Waals surface area contributed by atoms with E-state index in [0.29, 0.717) is 5.69 Å². The van der Waals surface area contributed by atoms with Gasteiger partial charge in [-0.05, 0) is 31.5 Å². The van der Waals surface area contributed by atoms with Gasteiger partial charge in [-0.25, -0.2) is 12.7 Å². The lowest BCUT2D eigenvalue weighted by atomic mass is 10.2. The monoisotopic (exact) mass is 299 g/mol. The van der Waals surface area contributed by atoms with Crippen molar-refractivity contribution in [2.24, 2.45) is 0 Å². The van der Waals surface area contributed by atoms with Crippen molar-refractivity contribution in [1.82, 2.24) is 4.31 Å². The smallest absolute Gasteiger partial charge is 0.242 e. The number of nitrogens with zero attached hydrogens (tertiary/aromatic N) is 2. The van der Waals surface area contributed by atoms with Crippen LogP contribution >= 0.6 is 0 Å². The molecule has 0 heterocycles. The summed E-state index contributed by atoms with van der Waals surface area (Å²) in [6.07, 6.45) is 2.14. The van der Waals surface area contributed by atoms with Crippen LogP contribution in [0.25, 0.3) is 0 Å². The van der Waals surface area contributed by atoms with Gasteiger partial charge in [-0.15, -0.1) is 0 Å². The highest BCUT2D eigenvalue weighted by Gasteiger charge is 2.19. The van der Waals surface area contributed by atoms with E-state index in [-0.39, 0.29) is 4.90 Å². The molecule has 0 bridgehead atoms. The molecule has 114 valence electrons. The molecule has 0 fully saturated rings. The fraction of sp³-hybridized carbons (Fsp3) is 0.571. The predicted molar refractivity (Wildman–Crippen MR) is 84.5 cm³/mol. The zero-order valence-electron chi connectivity index (χ0n) is 12.8. The molecule has 2 N–H and O–H groups in total. The highest BCUT2D eigenvalue weighted by atomic mass is 32.2. The van der Waals surface area contributed by atoms with Crippen LogP contribution in [0.15, 0.2) is 23.1 Å². The molecule has 0 unspecified atom stereocenters. The van der Waals surface area contributed by atoms with Gasteiger partial charge in [0.05, 0.1) is 16.3 Å². The van der Waals surface area contributed by atoms with Gasteiger partial charge in [0, 0.05) is 27.2 Å². The van der Waals surface area contributed by atoms with Gasteiger partial charge < -0.3 is 10.6 Å². The lowest BCUT2D eigenvalue weighted by Crippen LogP contribution is -2.26. The van der Waals surface area contributed by atoms with Crippen LogP contribution in [0.2, 0.25) is 0 Å². The van der Waals surface area contributed by atoms with Crippen molar-refractivity contribution in [2.45, 2.75) is 31.6 Å². The maximum Gasteiger partial charge on any atom is 0.242 e. The number of sulfonamides is 1. The second kappa shape index (κ2) is 6.95. The molecule has 0 atom stereocenters. The summed E-state index contributed by atoms with van der Waals surface area (Å²) in [5.41, 5.74) is 7.41. The average Bonchev–Trinajstić information content (AvgIpc) is 2.40. The SMILES string of the molecule is CCCCN(CC)c1cc(S(=O)(=O)N(C)C)ccc1N. The minimum absolute atomic E-state index is 0.279. The van der Waals surface area contributed by atoms with Crippen molar-refractivity contribution in [2.75, 3.05) is 37.8 Å². The quantitative estimate of drug-likeness (QED) is 0.783. The van der Waals surface area contributed by atoms with Crippen molar-refractivity contribution >= 4 is 21.4 Å². The Morgan fingerprint density at radius 1 is 1.20 bits per heavy atom. The van der Waals surface area contributed by atoms with Gasteiger partial charge in [0.2, 0.25) is 10.0 Å². The molecule has 5 nitrogen and oxygen atoms in total. The summed E-state index contributed by atoms with van der Waals surface area (Å²) in [4.78, 5) is 2.40. The molecule has 0 amide bonds. The Morgan fingerprint density at radius 3 is 2.35 bits per heavy atom. The molecule has 0 aliphatic heterocycles. The molecule has 0 aliphatic carbocycles. The minimum Gasteiger partial charge on any atom is -0.397 e. The van der Waals surface area contributed by atoms with Gasteiger partial charge >= 0.3 is 0 Å². The van der Waals surface area contributed by atoms with E-state index in [0.717, 1.165) is 31.6 Å². The fourth-order valence-electron chi connectivity index (χ4n) is 1.97. The van der Waals surface area contributed by atoms with E-state index in [9.17, 15) is 8.42 Å². The number of anilines is 2. The van der Waals surface area contributed by atoms with Crippen LogP contribution in [0.1, 0.15) is 26.7 Å². The average molecular weight is 299 g/mol. The van der Waals surface area contributed by atoms with Crippen molar-refractivity contribution in [3.8, 4) is 0 Å². The van der Waals surface area contributed by atoms with Crippen LogP contribution in [-0.4, -0.2) is 39.9 Å². The van der Waals surface area contributed by atoms with Crippen molar-refractivity contribution in [3.63, 3.8) is 0 Å². The summed E-state index contributed by atoms with van der Waals surface area (Å²) < 4.78 is 25.6. The number of nitrogens with two attached hydrogens (primary N) is 1. The largest absolute Gasteiger partial charge is 0.397 e. The lowest BCUT2D eigenvalue weighted by Gasteiger charge is -2.25. The number of benzene rings is 1. The maximum absolute atomic E-state index is 12.2. The van der Waals surface area contributed by atoms with E-state index in [1.54, 1.807) is 18.2 Å². The molecule has 0 saturated heterocycles. The molecular weight excluding hydrogens is 274 g/mol. The third kappa shape index (κ3) is 3.64. The topological polar surface area (TPSA) is 66.6 Å². The summed E-state index contributed by atoms with van der Waals surface area (Å²) in [7, 11) is -0.372. The standard InChI is InChI=1S/C14H25N3O2S/c1-5-7-10-17(6-2)14-11-12(8-9-13(14)15)20(18,19)16(3)4/h8-9,11H,5-7,10,15H2,1-4H3. The first-order chi connectivity index (χ1) is 9.34. The number of unbranched alkanes of at least 4 members (excludes halogenated alkanes) is 1. The van der Waals surface area contributed by atoms with E-state index in [1.165, 1.54) is 18.4 Å². The van der Waals surface area contributed by atoms with Crippen molar-refractivity contribution < 1.29 is 8.42 Å². The fourth-order valence-corrected chi connectivity index (χ4v) is 2.89. The summed E-state index contributed by atoms with van der Waals surface area (Å²) in [5.74, 6) is 0. The molecule has 1 aromatic rings. The first-order valence-electron chi connectivity index (χ1n) is 6.91. The van der Waals surface area contributed by atoms with Crippen molar-refractivity contribution in [3.05, 3.63) is 18.2 Å². The first-order valence-corrected chi connectivity index (χ1v) is 8.35. The van der Waals surface area contributed by atoms with Gasteiger partial charge in [-0.3, -0.25) is 0 Å². The lowest BCUT2D eigenvalue weighted by molar-refractivity contribution is 0.520. The highest BCUT2D eigenvalue weighted by Crippen LogP contribution is 2.27. The van der Waals surface area contributed by atoms with Gasteiger partial charge in [-0.2, -0.15) is 0 Å². The van der Waals surface area contributed by atoms with E-state index in [1.807, 2.05) is 6.92 Å². The Labute approximate surface area is 122 Å². The summed E-state index contributed by atoms with van der Waals surface area (Å²) in [6.45, 7) is 5.85. The number of hydrogen-bond donors (Lipinski definition) is 1. The van der Waals surface area contributed by atoms with Crippen LogP contribution < -0.4 is 10.6 Å². The summed E-state index contributed by atoms with van der Waals surface area (Å²) in [5, 5.41) is 0. The molecule has 6 heteroatoms. The van der Waals surface area contributed by atoms with Crippen molar-refractivity contribution in [1.29, 1.82) is 0 Å². The Morgan fingerprint density at radius 2 is 1.85 bits per heavy atom. The number of nitrogen functional groups attached to an aromatic ring is 1. The van der Waals surface area contributed by atoms with Crippen LogP contribution in [0.3, 0.4) is 0 Å². The Bertz CT molecular complexity index is 541. The zero-order chi connectivity index (χ0) is 15.3. The van der Waals surface area contributed by atoms with Gasteiger partial charge in [0.1, 0.15) is 0 Å². The van der Waals surface area contributed by atoms with Gasteiger partial charge in [0.25, 0.3) is 0 Å². The highest BCUT2D eigenvalue weighted by molar-refractivity contribution is 7.89. The molecule has 0 radical (unpaired) electrons. The third-order valence-electron chi connectivity index (χ3n) is 3.28. The molecule has 1 aromatic carbocycles. The normalized spacial score (nSPS) is 11.8. The van der Waals surface area contributed by atoms with Gasteiger partial charge in [0.15, 0.2) is 0 Å². The Kier molecular flexibility index (Phi) is 5.83. The molecular formula is C14H25N3O2S. The van der Waals surface area contributed by atoms with Crippen LogP contribution in [0.4, 0.5) is 11.4 Å². The predicted octanol–water partition coefficient (Wildman–Crippen LogP) is 2.15. The Balaban J connectivity index is 3.21. The molecule has 20 heavy (non-hydrogen) atoms. The number of rotatable bonds is 7. The molecule has 0 aromatic heterocycles. The summed E-state index contributed by atoms with van der Waals surface area (Å²) >= 11 is 0. The second-order valence-corrected chi connectivity index (χ2v) is 7.09. The van der Waals surface area contributed by atoms with E-state index in [2.05, 4.69) is 11.8 Å². The molecule has 0 spiro atoms. The number of hydrogen-bond acceptors (Lipinski definition) is 4. The third-order valence-corrected chi connectivity index (χ3v) is 5.10. The van der Waals surface area contributed by atoms with E-state index < -0.39 is 10.0 Å². The van der Waals surface area contributed by atoms with Gasteiger partial charge in [-0.1, -0.05) is 13.3 Å². The Hall–Kier alpha value is -1.27. The van der Waals surface area contributed by atoms with E-state index >= 15 is 0 Å². The molecule has 0 aliphatic rings. The first kappa shape index (κ1) is 16.8. The zero-order valence-corrected chi connectivity index (χ0v) is 13.6. The minimum atomic E-state index is -3.43.